The Balaban J connectivity index is 2.00. The average Bonchev–Trinajstić information content (AvgIpc) is 2.35. The molecular weight excluding hydrogens is 208 g/mol. The molecule has 1 aromatic carbocycles. The van der Waals surface area contributed by atoms with Gasteiger partial charge in [0, 0.05) is 25.7 Å². The zero-order chi connectivity index (χ0) is 12.3. The van der Waals surface area contributed by atoms with Gasteiger partial charge in [-0.1, -0.05) is 44.2 Å². The number of benzene rings is 1. The van der Waals surface area contributed by atoms with Crippen LogP contribution in [0.4, 0.5) is 0 Å². The maximum atomic E-state index is 6.25. The molecule has 1 heterocycles. The number of hydrogen-bond donors (Lipinski definition) is 1. The zero-order valence-electron chi connectivity index (χ0n) is 11.0. The zero-order valence-corrected chi connectivity index (χ0v) is 11.0. The van der Waals surface area contributed by atoms with Crippen LogP contribution in [0.5, 0.6) is 0 Å². The molecule has 1 saturated heterocycles. The Morgan fingerprint density at radius 1 is 1.35 bits per heavy atom. The average molecular weight is 232 g/mol. The summed E-state index contributed by atoms with van der Waals surface area (Å²) >= 11 is 0. The molecule has 2 nitrogen and oxygen atoms in total. The molecule has 0 saturated carbocycles. The van der Waals surface area contributed by atoms with Gasteiger partial charge >= 0.3 is 0 Å². The summed E-state index contributed by atoms with van der Waals surface area (Å²) in [6.07, 6.45) is 2.29. The van der Waals surface area contributed by atoms with Crippen LogP contribution in [0.15, 0.2) is 30.3 Å². The van der Waals surface area contributed by atoms with Crippen LogP contribution in [0.1, 0.15) is 32.3 Å². The summed E-state index contributed by atoms with van der Waals surface area (Å²) in [5.74, 6) is 0. The summed E-state index contributed by atoms with van der Waals surface area (Å²) in [6, 6.07) is 11.1. The van der Waals surface area contributed by atoms with Crippen molar-refractivity contribution in [3.05, 3.63) is 35.9 Å². The van der Waals surface area contributed by atoms with E-state index in [1.165, 1.54) is 12.0 Å². The van der Waals surface area contributed by atoms with E-state index >= 15 is 0 Å². The summed E-state index contributed by atoms with van der Waals surface area (Å²) in [7, 11) is 0. The lowest BCUT2D eigenvalue weighted by Crippen LogP contribution is -2.53. The van der Waals surface area contributed by atoms with E-state index in [0.29, 0.717) is 6.04 Å². The monoisotopic (exact) mass is 232 g/mol. The second kappa shape index (κ2) is 5.19. The third-order valence-electron chi connectivity index (χ3n) is 4.29. The molecule has 2 heteroatoms. The molecule has 0 aromatic heterocycles. The maximum Gasteiger partial charge on any atom is 0.0233 e. The minimum atomic E-state index is 0.285. The van der Waals surface area contributed by atoms with Crippen molar-refractivity contribution in [3.63, 3.8) is 0 Å². The number of piperidine rings is 1. The van der Waals surface area contributed by atoms with Crippen LogP contribution < -0.4 is 5.73 Å². The topological polar surface area (TPSA) is 29.3 Å². The standard InChI is InChI=1S/C15H24N2/c1-3-15(2)12-17(10-9-14(15)16)11-13-7-5-4-6-8-13/h4-8,14H,3,9-12,16H2,1-2H3. The van der Waals surface area contributed by atoms with Crippen LogP contribution in [-0.4, -0.2) is 24.0 Å². The fourth-order valence-electron chi connectivity index (χ4n) is 2.73. The number of nitrogens with two attached hydrogens (primary N) is 1. The van der Waals surface area contributed by atoms with Gasteiger partial charge in [0.1, 0.15) is 0 Å². The number of rotatable bonds is 3. The van der Waals surface area contributed by atoms with Gasteiger partial charge in [-0.25, -0.2) is 0 Å². The van der Waals surface area contributed by atoms with E-state index in [4.69, 9.17) is 5.73 Å². The Morgan fingerprint density at radius 2 is 2.06 bits per heavy atom. The third-order valence-corrected chi connectivity index (χ3v) is 4.29. The lowest BCUT2D eigenvalue weighted by atomic mass is 9.75. The highest BCUT2D eigenvalue weighted by Gasteiger charge is 2.35. The van der Waals surface area contributed by atoms with Gasteiger partial charge < -0.3 is 5.73 Å². The predicted molar refractivity (Wildman–Crippen MR) is 72.7 cm³/mol. The first-order chi connectivity index (χ1) is 8.14. The van der Waals surface area contributed by atoms with Crippen LogP contribution in [-0.2, 0) is 6.54 Å². The second-order valence-corrected chi connectivity index (χ2v) is 5.60. The van der Waals surface area contributed by atoms with Crippen LogP contribution in [0.2, 0.25) is 0 Å². The molecule has 17 heavy (non-hydrogen) atoms. The Labute approximate surface area is 105 Å². The van der Waals surface area contributed by atoms with Crippen molar-refractivity contribution in [2.75, 3.05) is 13.1 Å². The molecule has 1 aromatic rings. The highest BCUT2D eigenvalue weighted by molar-refractivity contribution is 5.14. The molecule has 0 bridgehead atoms. The smallest absolute Gasteiger partial charge is 0.0233 e. The number of nitrogens with zero attached hydrogens (tertiary/aromatic N) is 1. The molecule has 1 aliphatic rings. The molecule has 2 unspecified atom stereocenters. The first-order valence-corrected chi connectivity index (χ1v) is 6.66. The highest BCUT2D eigenvalue weighted by atomic mass is 15.1. The van der Waals surface area contributed by atoms with Crippen molar-refractivity contribution in [1.82, 2.24) is 4.90 Å². The molecular formula is C15H24N2. The van der Waals surface area contributed by atoms with Gasteiger partial charge in [0.15, 0.2) is 0 Å². The van der Waals surface area contributed by atoms with Crippen LogP contribution in [0, 0.1) is 5.41 Å². The minimum Gasteiger partial charge on any atom is -0.327 e. The quantitative estimate of drug-likeness (QED) is 0.868. The predicted octanol–water partition coefficient (Wildman–Crippen LogP) is 2.64. The fraction of sp³-hybridized carbons (Fsp3) is 0.600. The Kier molecular flexibility index (Phi) is 3.85. The van der Waals surface area contributed by atoms with Gasteiger partial charge in [-0.3, -0.25) is 4.90 Å². The SMILES string of the molecule is CCC1(C)CN(Cc2ccccc2)CCC1N. The first kappa shape index (κ1) is 12.6. The van der Waals surface area contributed by atoms with Gasteiger partial charge in [-0.05, 0) is 23.8 Å². The molecule has 2 rings (SSSR count). The summed E-state index contributed by atoms with van der Waals surface area (Å²) in [5, 5.41) is 0. The van der Waals surface area contributed by atoms with Crippen LogP contribution >= 0.6 is 0 Å². The highest BCUT2D eigenvalue weighted by Crippen LogP contribution is 2.32. The minimum absolute atomic E-state index is 0.285. The van der Waals surface area contributed by atoms with Gasteiger partial charge in [0.25, 0.3) is 0 Å². The van der Waals surface area contributed by atoms with E-state index in [1.807, 2.05) is 0 Å². The first-order valence-electron chi connectivity index (χ1n) is 6.66. The van der Waals surface area contributed by atoms with Crippen LogP contribution in [0.25, 0.3) is 0 Å². The summed E-state index contributed by atoms with van der Waals surface area (Å²) in [5.41, 5.74) is 7.94. The van der Waals surface area contributed by atoms with Crippen molar-refractivity contribution in [1.29, 1.82) is 0 Å². The Hall–Kier alpha value is -0.860. The normalized spacial score (nSPS) is 30.4. The molecule has 1 aliphatic heterocycles. The van der Waals surface area contributed by atoms with E-state index in [-0.39, 0.29) is 5.41 Å². The fourth-order valence-corrected chi connectivity index (χ4v) is 2.73. The van der Waals surface area contributed by atoms with E-state index < -0.39 is 0 Å². The molecule has 1 fully saturated rings. The van der Waals surface area contributed by atoms with Crippen molar-refractivity contribution >= 4 is 0 Å². The van der Waals surface area contributed by atoms with E-state index in [9.17, 15) is 0 Å². The Bertz CT molecular complexity index is 349. The number of hydrogen-bond acceptors (Lipinski definition) is 2. The Morgan fingerprint density at radius 3 is 2.71 bits per heavy atom. The molecule has 0 radical (unpaired) electrons. The molecule has 0 aliphatic carbocycles. The van der Waals surface area contributed by atoms with Crippen molar-refractivity contribution in [3.8, 4) is 0 Å². The summed E-state index contributed by atoms with van der Waals surface area (Å²) in [4.78, 5) is 2.54. The van der Waals surface area contributed by atoms with E-state index in [1.54, 1.807) is 0 Å². The van der Waals surface area contributed by atoms with Crippen molar-refractivity contribution in [2.45, 2.75) is 39.3 Å². The lowest BCUT2D eigenvalue weighted by molar-refractivity contribution is 0.0722. The second-order valence-electron chi connectivity index (χ2n) is 5.60. The summed E-state index contributed by atoms with van der Waals surface area (Å²) < 4.78 is 0. The maximum absolute atomic E-state index is 6.25. The molecule has 0 amide bonds. The largest absolute Gasteiger partial charge is 0.327 e. The van der Waals surface area contributed by atoms with Gasteiger partial charge in [0.2, 0.25) is 0 Å². The molecule has 0 spiro atoms. The van der Waals surface area contributed by atoms with Gasteiger partial charge in [-0.15, -0.1) is 0 Å². The summed E-state index contributed by atoms with van der Waals surface area (Å²) in [6.45, 7) is 7.90. The third kappa shape index (κ3) is 2.88. The van der Waals surface area contributed by atoms with Crippen LogP contribution in [0.3, 0.4) is 0 Å². The molecule has 94 valence electrons. The van der Waals surface area contributed by atoms with Gasteiger partial charge in [-0.2, -0.15) is 0 Å². The van der Waals surface area contributed by atoms with Crippen molar-refractivity contribution in [2.24, 2.45) is 11.1 Å². The van der Waals surface area contributed by atoms with E-state index in [2.05, 4.69) is 49.1 Å². The molecule has 2 atom stereocenters. The van der Waals surface area contributed by atoms with E-state index in [0.717, 1.165) is 26.1 Å². The lowest BCUT2D eigenvalue weighted by Gasteiger charge is -2.44. The molecule has 2 N–H and O–H groups in total. The van der Waals surface area contributed by atoms with Crippen molar-refractivity contribution < 1.29 is 0 Å². The number of likely N-dealkylation sites (tertiary alicyclic amines) is 1. The van der Waals surface area contributed by atoms with Gasteiger partial charge in [0.05, 0.1) is 0 Å².